The van der Waals surface area contributed by atoms with Gasteiger partial charge < -0.3 is 19.7 Å². The van der Waals surface area contributed by atoms with Gasteiger partial charge in [0, 0.05) is 13.1 Å². The molecular weight excluding hydrogens is 272 g/mol. The number of amides is 2. The summed E-state index contributed by atoms with van der Waals surface area (Å²) in [5.74, 6) is 1.02. The summed E-state index contributed by atoms with van der Waals surface area (Å²) in [6.45, 7) is 2.95. The van der Waals surface area contributed by atoms with Crippen molar-refractivity contribution in [3.8, 4) is 11.5 Å². The van der Waals surface area contributed by atoms with Crippen LogP contribution in [0.2, 0.25) is 0 Å². The summed E-state index contributed by atoms with van der Waals surface area (Å²) in [5, 5.41) is 2.74. The first-order valence-electron chi connectivity index (χ1n) is 6.96. The Morgan fingerprint density at radius 3 is 2.62 bits per heavy atom. The zero-order valence-electron chi connectivity index (χ0n) is 12.3. The first kappa shape index (κ1) is 15.2. The Kier molecular flexibility index (Phi) is 5.03. The average Bonchev–Trinajstić information content (AvgIpc) is 2.71. The lowest BCUT2D eigenvalue weighted by Crippen LogP contribution is -2.43. The first-order valence-corrected chi connectivity index (χ1v) is 6.96. The fraction of sp³-hybridized carbons (Fsp3) is 0.467. The van der Waals surface area contributed by atoms with E-state index < -0.39 is 6.10 Å². The number of ether oxygens (including phenoxy) is 2. The molecule has 1 N–H and O–H groups in total. The van der Waals surface area contributed by atoms with Crippen LogP contribution in [0.3, 0.4) is 0 Å². The van der Waals surface area contributed by atoms with E-state index in [9.17, 15) is 9.59 Å². The van der Waals surface area contributed by atoms with E-state index in [0.717, 1.165) is 12.2 Å². The molecular formula is C15H20N2O4. The maximum Gasteiger partial charge on any atom is 0.263 e. The van der Waals surface area contributed by atoms with Gasteiger partial charge in [-0.05, 0) is 37.6 Å². The molecule has 1 aliphatic rings. The lowest BCUT2D eigenvalue weighted by molar-refractivity contribution is -0.140. The maximum atomic E-state index is 12.3. The van der Waals surface area contributed by atoms with Gasteiger partial charge in [-0.2, -0.15) is 0 Å². The number of carbonyl (C=O) groups is 2. The zero-order chi connectivity index (χ0) is 15.2. The third kappa shape index (κ3) is 4.11. The van der Waals surface area contributed by atoms with Crippen LogP contribution in [-0.4, -0.2) is 49.6 Å². The number of methoxy groups -OCH3 is 1. The van der Waals surface area contributed by atoms with Gasteiger partial charge in [-0.3, -0.25) is 9.59 Å². The molecule has 0 aliphatic carbocycles. The summed E-state index contributed by atoms with van der Waals surface area (Å²) in [6, 6.07) is 7.04. The van der Waals surface area contributed by atoms with E-state index in [1.54, 1.807) is 38.3 Å². The fourth-order valence-electron chi connectivity index (χ4n) is 2.16. The van der Waals surface area contributed by atoms with Gasteiger partial charge in [0.05, 0.1) is 13.7 Å². The molecule has 2 rings (SSSR count). The quantitative estimate of drug-likeness (QED) is 0.892. The Balaban J connectivity index is 1.96. The normalized spacial score (nSPS) is 16.7. The van der Waals surface area contributed by atoms with Gasteiger partial charge in [-0.15, -0.1) is 0 Å². The predicted molar refractivity (Wildman–Crippen MR) is 77.3 cm³/mol. The fourth-order valence-corrected chi connectivity index (χ4v) is 2.16. The summed E-state index contributed by atoms with van der Waals surface area (Å²) < 4.78 is 10.7. The van der Waals surface area contributed by atoms with Crippen molar-refractivity contribution in [2.24, 2.45) is 0 Å². The largest absolute Gasteiger partial charge is 0.497 e. The molecule has 0 spiro atoms. The minimum Gasteiger partial charge on any atom is -0.497 e. The van der Waals surface area contributed by atoms with Crippen LogP contribution in [0, 0.1) is 0 Å². The number of benzene rings is 1. The molecule has 6 nitrogen and oxygen atoms in total. The summed E-state index contributed by atoms with van der Waals surface area (Å²) in [5.41, 5.74) is 0. The molecule has 1 aromatic carbocycles. The van der Waals surface area contributed by atoms with Crippen LogP contribution in [0.1, 0.15) is 13.3 Å². The van der Waals surface area contributed by atoms with Gasteiger partial charge in [-0.25, -0.2) is 0 Å². The van der Waals surface area contributed by atoms with Gasteiger partial charge in [0.25, 0.3) is 5.91 Å². The summed E-state index contributed by atoms with van der Waals surface area (Å²) in [4.78, 5) is 25.3. The summed E-state index contributed by atoms with van der Waals surface area (Å²) in [6.07, 6.45) is 0.122. The Labute approximate surface area is 124 Å². The van der Waals surface area contributed by atoms with Crippen molar-refractivity contribution < 1.29 is 19.1 Å². The number of nitrogens with one attached hydrogen (secondary N) is 1. The van der Waals surface area contributed by atoms with Crippen LogP contribution in [0.5, 0.6) is 11.5 Å². The van der Waals surface area contributed by atoms with Crippen molar-refractivity contribution in [1.82, 2.24) is 10.2 Å². The summed E-state index contributed by atoms with van der Waals surface area (Å²) in [7, 11) is 1.59. The molecule has 2 amide bonds. The molecule has 1 saturated heterocycles. The Morgan fingerprint density at radius 2 is 1.95 bits per heavy atom. The smallest absolute Gasteiger partial charge is 0.263 e. The van der Waals surface area contributed by atoms with E-state index in [4.69, 9.17) is 9.47 Å². The molecule has 0 aromatic heterocycles. The third-order valence-corrected chi connectivity index (χ3v) is 3.29. The molecule has 6 heteroatoms. The van der Waals surface area contributed by atoms with Crippen LogP contribution in [0.15, 0.2) is 24.3 Å². The van der Waals surface area contributed by atoms with E-state index in [2.05, 4.69) is 5.32 Å². The molecule has 1 unspecified atom stereocenters. The maximum absolute atomic E-state index is 12.3. The Morgan fingerprint density at radius 1 is 1.29 bits per heavy atom. The molecule has 1 aromatic rings. The number of nitrogens with zero attached hydrogens (tertiary/aromatic N) is 1. The van der Waals surface area contributed by atoms with Crippen LogP contribution < -0.4 is 14.8 Å². The molecule has 114 valence electrons. The zero-order valence-corrected chi connectivity index (χ0v) is 12.3. The molecule has 0 bridgehead atoms. The van der Waals surface area contributed by atoms with Crippen molar-refractivity contribution in [2.75, 3.05) is 26.7 Å². The van der Waals surface area contributed by atoms with E-state index >= 15 is 0 Å². The van der Waals surface area contributed by atoms with E-state index in [1.807, 2.05) is 0 Å². The minimum atomic E-state index is -0.635. The highest BCUT2D eigenvalue weighted by Gasteiger charge is 2.25. The van der Waals surface area contributed by atoms with Crippen LogP contribution in [-0.2, 0) is 9.59 Å². The highest BCUT2D eigenvalue weighted by atomic mass is 16.5. The van der Waals surface area contributed by atoms with E-state index in [1.165, 1.54) is 4.90 Å². The van der Waals surface area contributed by atoms with Crippen molar-refractivity contribution >= 4 is 11.8 Å². The molecule has 1 aliphatic heterocycles. The molecule has 1 heterocycles. The van der Waals surface area contributed by atoms with Gasteiger partial charge in [0.2, 0.25) is 5.91 Å². The molecule has 21 heavy (non-hydrogen) atoms. The standard InChI is InChI=1S/C15H20N2O4/c1-11(21-13-6-4-12(20-2)5-7-13)15(19)17-9-3-8-16-14(18)10-17/h4-7,11H,3,8-10H2,1-2H3,(H,16,18). The molecule has 1 atom stereocenters. The Bertz CT molecular complexity index is 501. The number of hydrogen-bond donors (Lipinski definition) is 1. The van der Waals surface area contributed by atoms with Crippen molar-refractivity contribution in [3.63, 3.8) is 0 Å². The molecule has 1 fully saturated rings. The third-order valence-electron chi connectivity index (χ3n) is 3.29. The highest BCUT2D eigenvalue weighted by molar-refractivity contribution is 5.87. The van der Waals surface area contributed by atoms with Gasteiger partial charge in [-0.1, -0.05) is 0 Å². The lowest BCUT2D eigenvalue weighted by Gasteiger charge is -2.23. The van der Waals surface area contributed by atoms with Crippen molar-refractivity contribution in [3.05, 3.63) is 24.3 Å². The second-order valence-corrected chi connectivity index (χ2v) is 4.90. The first-order chi connectivity index (χ1) is 10.1. The monoisotopic (exact) mass is 292 g/mol. The molecule has 0 saturated carbocycles. The highest BCUT2D eigenvalue weighted by Crippen LogP contribution is 2.18. The minimum absolute atomic E-state index is 0.0924. The second kappa shape index (κ2) is 6.97. The van der Waals surface area contributed by atoms with Crippen molar-refractivity contribution in [2.45, 2.75) is 19.4 Å². The van der Waals surface area contributed by atoms with E-state index in [-0.39, 0.29) is 18.4 Å². The molecule has 0 radical (unpaired) electrons. The van der Waals surface area contributed by atoms with Crippen LogP contribution in [0.25, 0.3) is 0 Å². The van der Waals surface area contributed by atoms with Crippen molar-refractivity contribution in [1.29, 1.82) is 0 Å². The van der Waals surface area contributed by atoms with Crippen LogP contribution in [0.4, 0.5) is 0 Å². The topological polar surface area (TPSA) is 67.9 Å². The second-order valence-electron chi connectivity index (χ2n) is 4.90. The number of hydrogen-bond acceptors (Lipinski definition) is 4. The van der Waals surface area contributed by atoms with Gasteiger partial charge in [0.15, 0.2) is 6.10 Å². The average molecular weight is 292 g/mol. The Hall–Kier alpha value is -2.24. The number of rotatable bonds is 4. The summed E-state index contributed by atoms with van der Waals surface area (Å²) >= 11 is 0. The van der Waals surface area contributed by atoms with Gasteiger partial charge >= 0.3 is 0 Å². The van der Waals surface area contributed by atoms with Gasteiger partial charge in [0.1, 0.15) is 11.5 Å². The predicted octanol–water partition coefficient (Wildman–Crippen LogP) is 0.811. The number of carbonyl (C=O) groups excluding carboxylic acids is 2. The SMILES string of the molecule is COc1ccc(OC(C)C(=O)N2CCCNC(=O)C2)cc1. The van der Waals surface area contributed by atoms with E-state index in [0.29, 0.717) is 18.8 Å². The van der Waals surface area contributed by atoms with Crippen LogP contribution >= 0.6 is 0 Å². The lowest BCUT2D eigenvalue weighted by atomic mass is 10.3.